The number of carbonyl (C=O) groups is 1. The lowest BCUT2D eigenvalue weighted by atomic mass is 9.92. The van der Waals surface area contributed by atoms with Crippen molar-refractivity contribution in [2.45, 2.75) is 39.2 Å². The Hall–Kier alpha value is -1.14. The SMILES string of the molecule is Cc1ccc(-c2nc(CC(=O)N3CCC(C)CC3CN)cs2)cc1.Cl.Cl. The Bertz CT molecular complexity index is 705. The molecule has 2 aromatic rings. The zero-order valence-corrected chi connectivity index (χ0v) is 17.6. The molecule has 144 valence electrons. The van der Waals surface area contributed by atoms with Gasteiger partial charge in [0.05, 0.1) is 12.1 Å². The highest BCUT2D eigenvalue weighted by Gasteiger charge is 2.29. The highest BCUT2D eigenvalue weighted by molar-refractivity contribution is 7.13. The lowest BCUT2D eigenvalue weighted by Gasteiger charge is -2.38. The van der Waals surface area contributed by atoms with Crippen molar-refractivity contribution < 1.29 is 4.79 Å². The van der Waals surface area contributed by atoms with Crippen LogP contribution in [0.25, 0.3) is 10.6 Å². The number of aromatic nitrogens is 1. The van der Waals surface area contributed by atoms with Crippen molar-refractivity contribution in [3.05, 3.63) is 40.9 Å². The molecule has 0 radical (unpaired) electrons. The Balaban J connectivity index is 0.00000169. The number of rotatable bonds is 4. The summed E-state index contributed by atoms with van der Waals surface area (Å²) in [6.45, 7) is 5.67. The number of carbonyl (C=O) groups excluding carboxylic acids is 1. The van der Waals surface area contributed by atoms with E-state index < -0.39 is 0 Å². The maximum atomic E-state index is 12.7. The van der Waals surface area contributed by atoms with Crippen molar-refractivity contribution in [1.82, 2.24) is 9.88 Å². The van der Waals surface area contributed by atoms with Crippen molar-refractivity contribution in [3.8, 4) is 10.6 Å². The second-order valence-electron chi connectivity index (χ2n) is 6.79. The molecular weight excluding hydrogens is 389 g/mol. The first kappa shape index (κ1) is 22.9. The smallest absolute Gasteiger partial charge is 0.228 e. The predicted molar refractivity (Wildman–Crippen MR) is 113 cm³/mol. The Labute approximate surface area is 172 Å². The summed E-state index contributed by atoms with van der Waals surface area (Å²) in [5.74, 6) is 0.799. The monoisotopic (exact) mass is 415 g/mol. The molecule has 1 aromatic carbocycles. The lowest BCUT2D eigenvalue weighted by molar-refractivity contribution is -0.134. The molecule has 1 fully saturated rings. The second-order valence-corrected chi connectivity index (χ2v) is 7.65. The summed E-state index contributed by atoms with van der Waals surface area (Å²) in [5, 5.41) is 2.97. The summed E-state index contributed by atoms with van der Waals surface area (Å²) in [6, 6.07) is 8.51. The molecular formula is C19H27Cl2N3OS. The number of benzene rings is 1. The van der Waals surface area contributed by atoms with Gasteiger partial charge in [0.2, 0.25) is 5.91 Å². The number of nitrogens with two attached hydrogens (primary N) is 1. The van der Waals surface area contributed by atoms with Crippen molar-refractivity contribution in [1.29, 1.82) is 0 Å². The zero-order chi connectivity index (χ0) is 17.1. The minimum absolute atomic E-state index is 0. The topological polar surface area (TPSA) is 59.2 Å². The van der Waals surface area contributed by atoms with Gasteiger partial charge in [0.15, 0.2) is 0 Å². The van der Waals surface area contributed by atoms with Crippen LogP contribution in [0, 0.1) is 12.8 Å². The molecule has 2 N–H and O–H groups in total. The minimum atomic E-state index is 0. The van der Waals surface area contributed by atoms with Crippen LogP contribution in [0.3, 0.4) is 0 Å². The van der Waals surface area contributed by atoms with E-state index in [2.05, 4.69) is 43.1 Å². The molecule has 1 aromatic heterocycles. The van der Waals surface area contributed by atoms with Gasteiger partial charge in [0.25, 0.3) is 0 Å². The fraction of sp³-hybridized carbons (Fsp3) is 0.474. The first-order chi connectivity index (χ1) is 11.6. The maximum absolute atomic E-state index is 12.7. The van der Waals surface area contributed by atoms with Crippen LogP contribution in [0.15, 0.2) is 29.6 Å². The van der Waals surface area contributed by atoms with E-state index in [9.17, 15) is 4.79 Å². The number of halogens is 2. The van der Waals surface area contributed by atoms with Crippen molar-refractivity contribution >= 4 is 42.1 Å². The summed E-state index contributed by atoms with van der Waals surface area (Å²) in [7, 11) is 0. The van der Waals surface area contributed by atoms with Gasteiger partial charge in [0, 0.05) is 30.1 Å². The number of nitrogens with zero attached hydrogens (tertiary/aromatic N) is 2. The van der Waals surface area contributed by atoms with Crippen LogP contribution < -0.4 is 5.73 Å². The molecule has 0 bridgehead atoms. The van der Waals surface area contributed by atoms with Crippen LogP contribution in [0.2, 0.25) is 0 Å². The van der Waals surface area contributed by atoms with Gasteiger partial charge < -0.3 is 10.6 Å². The summed E-state index contributed by atoms with van der Waals surface area (Å²) in [4.78, 5) is 19.3. The largest absolute Gasteiger partial charge is 0.338 e. The predicted octanol–water partition coefficient (Wildman–Crippen LogP) is 4.09. The summed E-state index contributed by atoms with van der Waals surface area (Å²) in [6.07, 6.45) is 2.44. The first-order valence-corrected chi connectivity index (χ1v) is 9.45. The van der Waals surface area contributed by atoms with Gasteiger partial charge in [-0.3, -0.25) is 4.79 Å². The van der Waals surface area contributed by atoms with E-state index in [1.165, 1.54) is 5.56 Å². The minimum Gasteiger partial charge on any atom is -0.338 e. The van der Waals surface area contributed by atoms with Crippen LogP contribution in [0.4, 0.5) is 0 Å². The Kier molecular flexibility index (Phi) is 9.04. The van der Waals surface area contributed by atoms with Gasteiger partial charge in [-0.2, -0.15) is 0 Å². The number of likely N-dealkylation sites (tertiary alicyclic amines) is 1. The maximum Gasteiger partial charge on any atom is 0.228 e. The van der Waals surface area contributed by atoms with Gasteiger partial charge >= 0.3 is 0 Å². The van der Waals surface area contributed by atoms with E-state index >= 15 is 0 Å². The molecule has 0 aliphatic carbocycles. The van der Waals surface area contributed by atoms with Crippen LogP contribution in [-0.4, -0.2) is 34.9 Å². The number of thiazole rings is 1. The van der Waals surface area contributed by atoms with Gasteiger partial charge in [-0.15, -0.1) is 36.2 Å². The number of aryl methyl sites for hydroxylation is 1. The van der Waals surface area contributed by atoms with Crippen molar-refractivity contribution in [2.24, 2.45) is 11.7 Å². The van der Waals surface area contributed by atoms with Crippen LogP contribution in [0.5, 0.6) is 0 Å². The summed E-state index contributed by atoms with van der Waals surface area (Å²) < 4.78 is 0. The molecule has 1 amide bonds. The molecule has 0 spiro atoms. The van der Waals surface area contributed by atoms with Gasteiger partial charge in [0.1, 0.15) is 5.01 Å². The highest BCUT2D eigenvalue weighted by Crippen LogP contribution is 2.26. The molecule has 1 aliphatic heterocycles. The van der Waals surface area contributed by atoms with E-state index in [0.29, 0.717) is 18.9 Å². The van der Waals surface area contributed by atoms with E-state index in [-0.39, 0.29) is 36.8 Å². The number of amides is 1. The number of hydrogen-bond donors (Lipinski definition) is 1. The molecule has 1 saturated heterocycles. The molecule has 2 heterocycles. The Morgan fingerprint density at radius 1 is 1.31 bits per heavy atom. The molecule has 3 rings (SSSR count). The molecule has 26 heavy (non-hydrogen) atoms. The molecule has 0 saturated carbocycles. The van der Waals surface area contributed by atoms with Gasteiger partial charge in [-0.25, -0.2) is 4.98 Å². The third-order valence-electron chi connectivity index (χ3n) is 4.75. The van der Waals surface area contributed by atoms with Crippen LogP contribution in [0.1, 0.15) is 31.0 Å². The van der Waals surface area contributed by atoms with E-state index in [0.717, 1.165) is 35.7 Å². The van der Waals surface area contributed by atoms with Gasteiger partial charge in [-0.05, 0) is 25.7 Å². The van der Waals surface area contributed by atoms with Crippen molar-refractivity contribution in [3.63, 3.8) is 0 Å². The first-order valence-electron chi connectivity index (χ1n) is 8.57. The van der Waals surface area contributed by atoms with Crippen molar-refractivity contribution in [2.75, 3.05) is 13.1 Å². The third kappa shape index (κ3) is 5.43. The Morgan fingerprint density at radius 2 is 2.00 bits per heavy atom. The fourth-order valence-corrected chi connectivity index (χ4v) is 4.10. The molecule has 1 aliphatic rings. The van der Waals surface area contributed by atoms with Gasteiger partial charge in [-0.1, -0.05) is 36.8 Å². The number of hydrogen-bond acceptors (Lipinski definition) is 4. The summed E-state index contributed by atoms with van der Waals surface area (Å²) in [5.41, 5.74) is 9.07. The fourth-order valence-electron chi connectivity index (χ4n) is 3.28. The standard InChI is InChI=1S/C19H25N3OS.2ClH/c1-13-3-5-15(6-4-13)19-21-16(12-24-19)10-18(23)22-8-7-14(2)9-17(22)11-20;;/h3-6,12,14,17H,7-11,20H2,1-2H3;2*1H. The second kappa shape index (κ2) is 10.3. The highest BCUT2D eigenvalue weighted by atomic mass is 35.5. The quantitative estimate of drug-likeness (QED) is 0.817. The molecule has 2 unspecified atom stereocenters. The average Bonchev–Trinajstić information content (AvgIpc) is 3.03. The summed E-state index contributed by atoms with van der Waals surface area (Å²) >= 11 is 1.60. The van der Waals surface area contributed by atoms with Crippen LogP contribution in [-0.2, 0) is 11.2 Å². The molecule has 4 nitrogen and oxygen atoms in total. The van der Waals surface area contributed by atoms with E-state index in [1.54, 1.807) is 11.3 Å². The molecule has 7 heteroatoms. The third-order valence-corrected chi connectivity index (χ3v) is 5.69. The van der Waals surface area contributed by atoms with E-state index in [1.807, 2.05) is 10.3 Å². The molecule has 2 atom stereocenters. The Morgan fingerprint density at radius 3 is 2.65 bits per heavy atom. The number of piperidine rings is 1. The lowest BCUT2D eigenvalue weighted by Crippen LogP contribution is -2.49. The van der Waals surface area contributed by atoms with E-state index in [4.69, 9.17) is 5.73 Å². The van der Waals surface area contributed by atoms with Crippen LogP contribution >= 0.6 is 36.2 Å². The zero-order valence-electron chi connectivity index (χ0n) is 15.2. The normalized spacial score (nSPS) is 19.4. The average molecular weight is 416 g/mol.